The fourth-order valence-corrected chi connectivity index (χ4v) is 1.48. The number of nitrogens with one attached hydrogen (secondary N) is 2. The molecule has 1 rings (SSSR count). The van der Waals surface area contributed by atoms with Gasteiger partial charge < -0.3 is 25.6 Å². The summed E-state index contributed by atoms with van der Waals surface area (Å²) >= 11 is 0. The first-order valence-corrected chi connectivity index (χ1v) is 6.71. The third kappa shape index (κ3) is 6.62. The van der Waals surface area contributed by atoms with E-state index in [1.165, 1.54) is 0 Å². The second-order valence-electron chi connectivity index (χ2n) is 4.40. The number of aliphatic hydroxyl groups is 1. The van der Waals surface area contributed by atoms with E-state index >= 15 is 0 Å². The van der Waals surface area contributed by atoms with Crippen LogP contribution in [0.5, 0.6) is 5.75 Å². The normalized spacial score (nSPS) is 11.5. The lowest BCUT2D eigenvalue weighted by Crippen LogP contribution is -2.33. The van der Waals surface area contributed by atoms with E-state index in [1.54, 1.807) is 24.3 Å². The molecule has 1 atom stereocenters. The molecule has 0 aromatic heterocycles. The molecule has 116 valence electrons. The van der Waals surface area contributed by atoms with Gasteiger partial charge in [-0.15, -0.1) is 0 Å². The maximum atomic E-state index is 11.5. The first-order chi connectivity index (χ1) is 10.0. The van der Waals surface area contributed by atoms with Gasteiger partial charge in [-0.05, 0) is 30.7 Å². The van der Waals surface area contributed by atoms with Gasteiger partial charge in [-0.3, -0.25) is 0 Å². The number of hydrogen-bond acceptors (Lipinski definition) is 4. The smallest absolute Gasteiger partial charge is 0.332 e. The molecule has 0 radical (unpaired) electrons. The van der Waals surface area contributed by atoms with Crippen molar-refractivity contribution >= 4 is 17.7 Å². The summed E-state index contributed by atoms with van der Waals surface area (Å²) in [5, 5.41) is 22.6. The molecule has 0 aliphatic carbocycles. The van der Waals surface area contributed by atoms with E-state index in [9.17, 15) is 9.59 Å². The number of benzene rings is 1. The average Bonchev–Trinajstić information content (AvgIpc) is 2.46. The molecule has 7 heteroatoms. The Bertz CT molecular complexity index is 461. The second kappa shape index (κ2) is 8.80. The number of aliphatic carboxylic acids is 1. The van der Waals surface area contributed by atoms with Gasteiger partial charge >= 0.3 is 12.0 Å². The van der Waals surface area contributed by atoms with Gasteiger partial charge in [0.15, 0.2) is 6.10 Å². The van der Waals surface area contributed by atoms with Crippen molar-refractivity contribution in [2.75, 3.05) is 18.5 Å². The minimum atomic E-state index is -1.47. The minimum absolute atomic E-state index is 0.0491. The van der Waals surface area contributed by atoms with Crippen molar-refractivity contribution in [2.24, 2.45) is 0 Å². The Morgan fingerprint density at radius 1 is 1.29 bits per heavy atom. The number of carboxylic acid groups (broad SMARTS) is 1. The van der Waals surface area contributed by atoms with Crippen LogP contribution in [0.4, 0.5) is 10.5 Å². The van der Waals surface area contributed by atoms with Gasteiger partial charge in [-0.1, -0.05) is 6.92 Å². The molecule has 0 saturated carbocycles. The van der Waals surface area contributed by atoms with Crippen molar-refractivity contribution < 1.29 is 24.5 Å². The van der Waals surface area contributed by atoms with Crippen LogP contribution in [0.15, 0.2) is 24.3 Å². The molecule has 0 unspecified atom stereocenters. The van der Waals surface area contributed by atoms with Gasteiger partial charge in [0, 0.05) is 18.7 Å². The number of anilines is 1. The van der Waals surface area contributed by atoms with E-state index < -0.39 is 18.1 Å². The third-order valence-electron chi connectivity index (χ3n) is 2.57. The molecule has 0 heterocycles. The standard InChI is InChI=1S/C14H20N2O5/c1-2-9-21-11-5-3-10(4-6-11)16-14(20)15-8-7-12(17)13(18)19/h3-6,12,17H,2,7-9H2,1H3,(H,18,19)(H2,15,16,20)/t12-/m0/s1. The Kier molecular flexibility index (Phi) is 7.03. The number of ether oxygens (including phenoxy) is 1. The van der Waals surface area contributed by atoms with Crippen LogP contribution in [0, 0.1) is 0 Å². The number of amides is 2. The molecule has 1 aromatic rings. The van der Waals surface area contributed by atoms with Gasteiger partial charge in [0.1, 0.15) is 5.75 Å². The van der Waals surface area contributed by atoms with Crippen LogP contribution < -0.4 is 15.4 Å². The zero-order valence-electron chi connectivity index (χ0n) is 11.8. The SMILES string of the molecule is CCCOc1ccc(NC(=O)NCC[C@H](O)C(=O)O)cc1. The summed E-state index contributed by atoms with van der Waals surface area (Å²) < 4.78 is 5.42. The van der Waals surface area contributed by atoms with Crippen LogP contribution in [-0.2, 0) is 4.79 Å². The lowest BCUT2D eigenvalue weighted by atomic mass is 10.2. The van der Waals surface area contributed by atoms with Gasteiger partial charge in [0.25, 0.3) is 0 Å². The van der Waals surface area contributed by atoms with Crippen molar-refractivity contribution in [1.82, 2.24) is 5.32 Å². The number of carbonyl (C=O) groups is 2. The van der Waals surface area contributed by atoms with E-state index in [-0.39, 0.29) is 13.0 Å². The third-order valence-corrected chi connectivity index (χ3v) is 2.57. The Hall–Kier alpha value is -2.28. The number of aliphatic hydroxyl groups excluding tert-OH is 1. The van der Waals surface area contributed by atoms with Crippen LogP contribution >= 0.6 is 0 Å². The van der Waals surface area contributed by atoms with Gasteiger partial charge in [-0.2, -0.15) is 0 Å². The topological polar surface area (TPSA) is 108 Å². The molecule has 7 nitrogen and oxygen atoms in total. The Balaban J connectivity index is 2.32. The number of carbonyl (C=O) groups excluding carboxylic acids is 1. The second-order valence-corrected chi connectivity index (χ2v) is 4.40. The van der Waals surface area contributed by atoms with Crippen LogP contribution in [0.3, 0.4) is 0 Å². The van der Waals surface area contributed by atoms with Crippen LogP contribution in [0.25, 0.3) is 0 Å². The predicted molar refractivity (Wildman–Crippen MR) is 77.5 cm³/mol. The highest BCUT2D eigenvalue weighted by molar-refractivity contribution is 5.89. The van der Waals surface area contributed by atoms with E-state index in [0.29, 0.717) is 12.3 Å². The van der Waals surface area contributed by atoms with E-state index in [4.69, 9.17) is 14.9 Å². The number of carboxylic acids is 1. The molecular formula is C14H20N2O5. The summed E-state index contributed by atoms with van der Waals surface area (Å²) in [5.41, 5.74) is 0.593. The van der Waals surface area contributed by atoms with E-state index in [0.717, 1.165) is 12.2 Å². The fraction of sp³-hybridized carbons (Fsp3) is 0.429. The van der Waals surface area contributed by atoms with Crippen molar-refractivity contribution in [1.29, 1.82) is 0 Å². The van der Waals surface area contributed by atoms with Crippen LogP contribution in [0.2, 0.25) is 0 Å². The number of rotatable bonds is 8. The van der Waals surface area contributed by atoms with Crippen molar-refractivity contribution in [3.8, 4) is 5.75 Å². The lowest BCUT2D eigenvalue weighted by molar-refractivity contribution is -0.146. The highest BCUT2D eigenvalue weighted by Crippen LogP contribution is 2.15. The van der Waals surface area contributed by atoms with Crippen molar-refractivity contribution in [3.05, 3.63) is 24.3 Å². The molecule has 0 fully saturated rings. The summed E-state index contributed by atoms with van der Waals surface area (Å²) in [5.74, 6) is -0.577. The number of urea groups is 1. The maximum Gasteiger partial charge on any atom is 0.332 e. The highest BCUT2D eigenvalue weighted by Gasteiger charge is 2.12. The molecule has 0 saturated heterocycles. The van der Waals surface area contributed by atoms with Crippen LogP contribution in [-0.4, -0.2) is 41.5 Å². The summed E-state index contributed by atoms with van der Waals surface area (Å²) in [7, 11) is 0. The first-order valence-electron chi connectivity index (χ1n) is 6.71. The Morgan fingerprint density at radius 3 is 2.52 bits per heavy atom. The zero-order valence-corrected chi connectivity index (χ0v) is 11.8. The van der Waals surface area contributed by atoms with Crippen molar-refractivity contribution in [2.45, 2.75) is 25.9 Å². The van der Waals surface area contributed by atoms with Crippen LogP contribution in [0.1, 0.15) is 19.8 Å². The summed E-state index contributed by atoms with van der Waals surface area (Å²) in [4.78, 5) is 21.9. The zero-order chi connectivity index (χ0) is 15.7. The molecule has 4 N–H and O–H groups in total. The van der Waals surface area contributed by atoms with Gasteiger partial charge in [0.2, 0.25) is 0 Å². The molecule has 0 aliphatic heterocycles. The maximum absolute atomic E-state index is 11.5. The van der Waals surface area contributed by atoms with E-state index in [1.807, 2.05) is 6.92 Å². The van der Waals surface area contributed by atoms with Gasteiger partial charge in [-0.25, -0.2) is 9.59 Å². The molecule has 2 amide bonds. The largest absolute Gasteiger partial charge is 0.494 e. The number of hydrogen-bond donors (Lipinski definition) is 4. The summed E-state index contributed by atoms with van der Waals surface area (Å²) in [6.45, 7) is 2.72. The Labute approximate surface area is 122 Å². The molecule has 0 spiro atoms. The Morgan fingerprint density at radius 2 is 1.95 bits per heavy atom. The minimum Gasteiger partial charge on any atom is -0.494 e. The summed E-state index contributed by atoms with van der Waals surface area (Å²) in [6, 6.07) is 6.45. The molecule has 1 aromatic carbocycles. The highest BCUT2D eigenvalue weighted by atomic mass is 16.5. The predicted octanol–water partition coefficient (Wildman–Crippen LogP) is 1.43. The summed E-state index contributed by atoms with van der Waals surface area (Å²) in [6.07, 6.45) is -0.600. The van der Waals surface area contributed by atoms with Crippen molar-refractivity contribution in [3.63, 3.8) is 0 Å². The molecule has 0 aliphatic rings. The lowest BCUT2D eigenvalue weighted by Gasteiger charge is -2.10. The first kappa shape index (κ1) is 16.8. The average molecular weight is 296 g/mol. The quantitative estimate of drug-likeness (QED) is 0.580. The monoisotopic (exact) mass is 296 g/mol. The molecule has 21 heavy (non-hydrogen) atoms. The van der Waals surface area contributed by atoms with E-state index in [2.05, 4.69) is 10.6 Å². The molecular weight excluding hydrogens is 276 g/mol. The molecule has 0 bridgehead atoms. The van der Waals surface area contributed by atoms with Gasteiger partial charge in [0.05, 0.1) is 6.61 Å². The fourth-order valence-electron chi connectivity index (χ4n) is 1.48.